The summed E-state index contributed by atoms with van der Waals surface area (Å²) in [5, 5.41) is 12.6. The molecule has 4 nitrogen and oxygen atoms in total. The largest absolute Gasteiger partial charge is 0.476 e. The quantitative estimate of drug-likeness (QED) is 0.912. The van der Waals surface area contributed by atoms with E-state index in [4.69, 9.17) is 5.11 Å². The molecule has 0 unspecified atom stereocenters. The number of carboxylic acid groups (broad SMARTS) is 1. The van der Waals surface area contributed by atoms with Crippen LogP contribution in [0, 0.1) is 5.82 Å². The van der Waals surface area contributed by atoms with Crippen LogP contribution in [0.2, 0.25) is 0 Å². The van der Waals surface area contributed by atoms with Crippen LogP contribution in [0.3, 0.4) is 0 Å². The van der Waals surface area contributed by atoms with Gasteiger partial charge in [-0.15, -0.1) is 0 Å². The third-order valence-corrected chi connectivity index (χ3v) is 2.63. The molecule has 94 valence electrons. The fourth-order valence-electron chi connectivity index (χ4n) is 1.76. The Hall–Kier alpha value is -2.24. The van der Waals surface area contributed by atoms with Gasteiger partial charge < -0.3 is 5.11 Å². The first-order valence-corrected chi connectivity index (χ1v) is 5.15. The third kappa shape index (κ3) is 1.97. The molecule has 0 amide bonds. The van der Waals surface area contributed by atoms with Gasteiger partial charge >= 0.3 is 5.97 Å². The van der Waals surface area contributed by atoms with Gasteiger partial charge in [-0.25, -0.2) is 13.6 Å². The van der Waals surface area contributed by atoms with E-state index in [9.17, 15) is 13.6 Å². The summed E-state index contributed by atoms with van der Waals surface area (Å²) in [6, 6.07) is 5.42. The molecule has 0 aliphatic carbocycles. The highest BCUT2D eigenvalue weighted by Gasteiger charge is 2.16. The summed E-state index contributed by atoms with van der Waals surface area (Å²) < 4.78 is 27.6. The molecule has 0 atom stereocenters. The van der Waals surface area contributed by atoms with E-state index < -0.39 is 18.5 Å². The summed E-state index contributed by atoms with van der Waals surface area (Å²) in [6.45, 7) is -0.963. The molecule has 0 saturated heterocycles. The van der Waals surface area contributed by atoms with Gasteiger partial charge in [0.05, 0.1) is 5.69 Å². The summed E-state index contributed by atoms with van der Waals surface area (Å²) in [7, 11) is 1.52. The van der Waals surface area contributed by atoms with E-state index in [0.29, 0.717) is 11.3 Å². The predicted molar refractivity (Wildman–Crippen MR) is 60.4 cm³/mol. The van der Waals surface area contributed by atoms with Gasteiger partial charge in [-0.2, -0.15) is 5.10 Å². The Kier molecular flexibility index (Phi) is 3.10. The van der Waals surface area contributed by atoms with Crippen molar-refractivity contribution in [1.82, 2.24) is 9.78 Å². The standard InChI is InChI=1S/C12H10F2N2O2/c1-16-11(5-10(15-16)12(17)18)7-3-2-4-9(14)8(7)6-13/h2-5H,6H2,1H3,(H,17,18). The normalized spacial score (nSPS) is 10.6. The first-order chi connectivity index (χ1) is 8.54. The fraction of sp³-hybridized carbons (Fsp3) is 0.167. The van der Waals surface area contributed by atoms with Crippen molar-refractivity contribution in [3.05, 3.63) is 41.3 Å². The Bertz CT molecular complexity index is 608. The van der Waals surface area contributed by atoms with E-state index in [-0.39, 0.29) is 11.3 Å². The Morgan fingerprint density at radius 3 is 2.78 bits per heavy atom. The number of hydrogen-bond donors (Lipinski definition) is 1. The fourth-order valence-corrected chi connectivity index (χ4v) is 1.76. The molecule has 1 heterocycles. The molecule has 0 aliphatic rings. The molecular weight excluding hydrogens is 242 g/mol. The van der Waals surface area contributed by atoms with Crippen molar-refractivity contribution >= 4 is 5.97 Å². The molecule has 0 aliphatic heterocycles. The zero-order valence-electron chi connectivity index (χ0n) is 9.52. The number of benzene rings is 1. The van der Waals surface area contributed by atoms with Crippen LogP contribution in [-0.4, -0.2) is 20.9 Å². The summed E-state index contributed by atoms with van der Waals surface area (Å²) >= 11 is 0. The van der Waals surface area contributed by atoms with Crippen LogP contribution >= 0.6 is 0 Å². The Labute approximate surface area is 101 Å². The summed E-state index contributed by atoms with van der Waals surface area (Å²) in [5.41, 5.74) is 0.401. The van der Waals surface area contributed by atoms with Crippen LogP contribution in [0.15, 0.2) is 24.3 Å². The van der Waals surface area contributed by atoms with E-state index in [1.807, 2.05) is 0 Å². The summed E-state index contributed by atoms with van der Waals surface area (Å²) in [6.07, 6.45) is 0. The number of rotatable bonds is 3. The molecule has 2 rings (SSSR count). The van der Waals surface area contributed by atoms with E-state index in [1.165, 1.54) is 29.9 Å². The van der Waals surface area contributed by atoms with E-state index in [1.54, 1.807) is 0 Å². The minimum atomic E-state index is -1.19. The van der Waals surface area contributed by atoms with Crippen LogP contribution in [-0.2, 0) is 13.7 Å². The molecule has 1 aromatic heterocycles. The first-order valence-electron chi connectivity index (χ1n) is 5.15. The van der Waals surface area contributed by atoms with Gasteiger partial charge in [0.15, 0.2) is 5.69 Å². The van der Waals surface area contributed by atoms with Crippen molar-refractivity contribution in [2.75, 3.05) is 0 Å². The molecule has 0 bridgehead atoms. The maximum Gasteiger partial charge on any atom is 0.356 e. The molecule has 0 fully saturated rings. The van der Waals surface area contributed by atoms with E-state index in [2.05, 4.69) is 5.10 Å². The van der Waals surface area contributed by atoms with Gasteiger partial charge in [0, 0.05) is 18.2 Å². The summed E-state index contributed by atoms with van der Waals surface area (Å²) in [5.74, 6) is -1.84. The highest BCUT2D eigenvalue weighted by molar-refractivity contribution is 5.87. The third-order valence-electron chi connectivity index (χ3n) is 2.63. The summed E-state index contributed by atoms with van der Waals surface area (Å²) in [4.78, 5) is 10.8. The molecular formula is C12H10F2N2O2. The monoisotopic (exact) mass is 252 g/mol. The number of alkyl halides is 1. The van der Waals surface area contributed by atoms with Crippen LogP contribution < -0.4 is 0 Å². The lowest BCUT2D eigenvalue weighted by Crippen LogP contribution is -2.00. The van der Waals surface area contributed by atoms with Crippen molar-refractivity contribution < 1.29 is 18.7 Å². The van der Waals surface area contributed by atoms with Crippen LogP contribution in [0.1, 0.15) is 16.1 Å². The van der Waals surface area contributed by atoms with Gasteiger partial charge in [0.2, 0.25) is 0 Å². The lowest BCUT2D eigenvalue weighted by Gasteiger charge is -2.07. The number of aromatic carboxylic acids is 1. The number of nitrogens with zero attached hydrogens (tertiary/aromatic N) is 2. The maximum absolute atomic E-state index is 13.4. The second kappa shape index (κ2) is 4.56. The molecule has 1 aromatic carbocycles. The molecule has 0 radical (unpaired) electrons. The van der Waals surface area contributed by atoms with Gasteiger partial charge in [-0.05, 0) is 12.1 Å². The molecule has 18 heavy (non-hydrogen) atoms. The topological polar surface area (TPSA) is 55.1 Å². The zero-order chi connectivity index (χ0) is 13.3. The van der Waals surface area contributed by atoms with Gasteiger partial charge in [0.1, 0.15) is 12.5 Å². The lowest BCUT2D eigenvalue weighted by atomic mass is 10.0. The second-order valence-electron chi connectivity index (χ2n) is 3.74. The molecule has 0 spiro atoms. The average molecular weight is 252 g/mol. The van der Waals surface area contributed by atoms with Crippen molar-refractivity contribution in [3.8, 4) is 11.3 Å². The van der Waals surface area contributed by atoms with Crippen molar-refractivity contribution in [3.63, 3.8) is 0 Å². The van der Waals surface area contributed by atoms with E-state index in [0.717, 1.165) is 6.07 Å². The minimum Gasteiger partial charge on any atom is -0.476 e. The molecule has 6 heteroatoms. The van der Waals surface area contributed by atoms with Gasteiger partial charge in [-0.3, -0.25) is 4.68 Å². The first kappa shape index (κ1) is 12.2. The highest BCUT2D eigenvalue weighted by atomic mass is 19.1. The maximum atomic E-state index is 13.4. The van der Waals surface area contributed by atoms with E-state index >= 15 is 0 Å². The highest BCUT2D eigenvalue weighted by Crippen LogP contribution is 2.26. The number of carbonyl (C=O) groups is 1. The average Bonchev–Trinajstić information content (AvgIpc) is 2.71. The molecule has 0 saturated carbocycles. The number of aromatic nitrogens is 2. The molecule has 2 aromatic rings. The van der Waals surface area contributed by atoms with Gasteiger partial charge in [-0.1, -0.05) is 12.1 Å². The lowest BCUT2D eigenvalue weighted by molar-refractivity contribution is 0.0689. The van der Waals surface area contributed by atoms with Crippen molar-refractivity contribution in [2.24, 2.45) is 7.05 Å². The Morgan fingerprint density at radius 2 is 2.22 bits per heavy atom. The zero-order valence-corrected chi connectivity index (χ0v) is 9.52. The van der Waals surface area contributed by atoms with Crippen molar-refractivity contribution in [1.29, 1.82) is 0 Å². The Balaban J connectivity index is 2.62. The van der Waals surface area contributed by atoms with Crippen LogP contribution in [0.5, 0.6) is 0 Å². The predicted octanol–water partition coefficient (Wildman–Crippen LogP) is 2.39. The minimum absolute atomic E-state index is 0.0996. The van der Waals surface area contributed by atoms with Crippen LogP contribution in [0.25, 0.3) is 11.3 Å². The van der Waals surface area contributed by atoms with Crippen molar-refractivity contribution in [2.45, 2.75) is 6.67 Å². The number of carboxylic acids is 1. The number of aryl methyl sites for hydroxylation is 1. The molecule has 1 N–H and O–H groups in total. The van der Waals surface area contributed by atoms with Gasteiger partial charge in [0.25, 0.3) is 0 Å². The smallest absolute Gasteiger partial charge is 0.356 e. The number of hydrogen-bond acceptors (Lipinski definition) is 2. The number of halogens is 2. The van der Waals surface area contributed by atoms with Crippen LogP contribution in [0.4, 0.5) is 8.78 Å². The Morgan fingerprint density at radius 1 is 1.50 bits per heavy atom. The SMILES string of the molecule is Cn1nc(C(=O)O)cc1-c1cccc(F)c1CF. The second-order valence-corrected chi connectivity index (χ2v) is 3.74.